The Hall–Kier alpha value is -1.88. The van der Waals surface area contributed by atoms with Crippen molar-refractivity contribution < 1.29 is 0 Å². The lowest BCUT2D eigenvalue weighted by Gasteiger charge is -1.99. The van der Waals surface area contributed by atoms with E-state index in [0.717, 1.165) is 26.6 Å². The lowest BCUT2D eigenvalue weighted by molar-refractivity contribution is 0.969. The van der Waals surface area contributed by atoms with Gasteiger partial charge in [0.1, 0.15) is 0 Å². The largest absolute Gasteiger partial charge is 0.368 e. The van der Waals surface area contributed by atoms with Crippen LogP contribution in [0.25, 0.3) is 22.2 Å². The second kappa shape index (κ2) is 4.10. The second-order valence-corrected chi connectivity index (χ2v) is 5.03. The van der Waals surface area contributed by atoms with Gasteiger partial charge in [0.15, 0.2) is 0 Å². The Kier molecular flexibility index (Phi) is 2.56. The van der Waals surface area contributed by atoms with E-state index in [1.807, 2.05) is 19.2 Å². The van der Waals surface area contributed by atoms with E-state index in [-0.39, 0.29) is 0 Å². The van der Waals surface area contributed by atoms with Gasteiger partial charge in [-0.25, -0.2) is 9.97 Å². The predicted molar refractivity (Wildman–Crippen MR) is 76.1 cm³/mol. The number of rotatable bonds is 1. The molecule has 0 aliphatic carbocycles. The van der Waals surface area contributed by atoms with Gasteiger partial charge in [-0.05, 0) is 18.2 Å². The number of aryl methyl sites for hydroxylation is 1. The summed E-state index contributed by atoms with van der Waals surface area (Å²) in [4.78, 5) is 8.19. The van der Waals surface area contributed by atoms with E-state index < -0.39 is 0 Å². The SMILES string of the molecule is Cn1cc(-c2ccnc(N)n2)c2ccc(Br)cc21. The molecule has 0 aliphatic rings. The normalized spacial score (nSPS) is 11.0. The van der Waals surface area contributed by atoms with Crippen molar-refractivity contribution in [1.82, 2.24) is 14.5 Å². The average Bonchev–Trinajstić information content (AvgIpc) is 2.67. The minimum Gasteiger partial charge on any atom is -0.368 e. The van der Waals surface area contributed by atoms with E-state index in [4.69, 9.17) is 5.73 Å². The highest BCUT2D eigenvalue weighted by molar-refractivity contribution is 9.10. The number of fused-ring (bicyclic) bond motifs is 1. The summed E-state index contributed by atoms with van der Waals surface area (Å²) in [5, 5.41) is 1.15. The first-order valence-electron chi connectivity index (χ1n) is 5.48. The average molecular weight is 303 g/mol. The molecule has 0 bridgehead atoms. The molecule has 0 unspecified atom stereocenters. The predicted octanol–water partition coefficient (Wildman–Crippen LogP) is 2.98. The molecule has 4 nitrogen and oxygen atoms in total. The van der Waals surface area contributed by atoms with Crippen molar-refractivity contribution in [3.63, 3.8) is 0 Å². The zero-order chi connectivity index (χ0) is 12.7. The highest BCUT2D eigenvalue weighted by Gasteiger charge is 2.10. The smallest absolute Gasteiger partial charge is 0.220 e. The molecule has 0 saturated heterocycles. The van der Waals surface area contributed by atoms with Crippen LogP contribution in [0.3, 0.4) is 0 Å². The molecule has 0 atom stereocenters. The van der Waals surface area contributed by atoms with E-state index >= 15 is 0 Å². The summed E-state index contributed by atoms with van der Waals surface area (Å²) < 4.78 is 3.14. The number of halogens is 1. The fourth-order valence-electron chi connectivity index (χ4n) is 2.08. The molecule has 90 valence electrons. The molecule has 0 fully saturated rings. The van der Waals surface area contributed by atoms with Crippen LogP contribution in [0, 0.1) is 0 Å². The first kappa shape index (κ1) is 11.2. The second-order valence-electron chi connectivity index (χ2n) is 4.12. The molecule has 0 amide bonds. The van der Waals surface area contributed by atoms with Crippen molar-refractivity contribution in [2.24, 2.45) is 7.05 Å². The summed E-state index contributed by atoms with van der Waals surface area (Å²) in [6, 6.07) is 8.06. The first-order chi connectivity index (χ1) is 8.65. The quantitative estimate of drug-likeness (QED) is 0.752. The van der Waals surface area contributed by atoms with Crippen LogP contribution in [0.5, 0.6) is 0 Å². The lowest BCUT2D eigenvalue weighted by Crippen LogP contribution is -1.94. The highest BCUT2D eigenvalue weighted by Crippen LogP contribution is 2.30. The lowest BCUT2D eigenvalue weighted by atomic mass is 10.1. The zero-order valence-electron chi connectivity index (χ0n) is 9.76. The molecule has 2 aromatic heterocycles. The van der Waals surface area contributed by atoms with E-state index in [2.05, 4.69) is 48.8 Å². The number of nitrogen functional groups attached to an aromatic ring is 1. The van der Waals surface area contributed by atoms with Gasteiger partial charge in [-0.2, -0.15) is 0 Å². The van der Waals surface area contributed by atoms with Crippen LogP contribution in [0.2, 0.25) is 0 Å². The summed E-state index contributed by atoms with van der Waals surface area (Å²) in [6.07, 6.45) is 3.73. The van der Waals surface area contributed by atoms with Crippen molar-refractivity contribution in [2.75, 3.05) is 5.73 Å². The molecular weight excluding hydrogens is 292 g/mol. The zero-order valence-corrected chi connectivity index (χ0v) is 11.3. The molecule has 0 radical (unpaired) electrons. The maximum absolute atomic E-state index is 5.63. The van der Waals surface area contributed by atoms with Gasteiger partial charge in [0.25, 0.3) is 0 Å². The van der Waals surface area contributed by atoms with Gasteiger partial charge in [-0.1, -0.05) is 22.0 Å². The molecule has 5 heteroatoms. The Balaban J connectivity index is 2.30. The number of anilines is 1. The summed E-state index contributed by atoms with van der Waals surface area (Å²) in [6.45, 7) is 0. The number of benzene rings is 1. The molecule has 2 N–H and O–H groups in total. The number of hydrogen-bond acceptors (Lipinski definition) is 3. The standard InChI is InChI=1S/C13H11BrN4/c1-18-7-10(11-4-5-16-13(15)17-11)9-3-2-8(14)6-12(9)18/h2-7H,1H3,(H2,15,16,17). The van der Waals surface area contributed by atoms with Gasteiger partial charge >= 0.3 is 0 Å². The molecular formula is C13H11BrN4. The molecule has 0 aliphatic heterocycles. The van der Waals surface area contributed by atoms with Crippen LogP contribution < -0.4 is 5.73 Å². The molecule has 3 aromatic rings. The number of hydrogen-bond donors (Lipinski definition) is 1. The van der Waals surface area contributed by atoms with Crippen LogP contribution >= 0.6 is 15.9 Å². The molecule has 18 heavy (non-hydrogen) atoms. The maximum Gasteiger partial charge on any atom is 0.220 e. The Labute approximate surface area is 113 Å². The Morgan fingerprint density at radius 2 is 2.11 bits per heavy atom. The summed E-state index contributed by atoms with van der Waals surface area (Å²) >= 11 is 3.48. The molecule has 0 saturated carbocycles. The Morgan fingerprint density at radius 3 is 2.89 bits per heavy atom. The molecule has 2 heterocycles. The highest BCUT2D eigenvalue weighted by atomic mass is 79.9. The number of aromatic nitrogens is 3. The van der Waals surface area contributed by atoms with Crippen LogP contribution in [0.4, 0.5) is 5.95 Å². The topological polar surface area (TPSA) is 56.7 Å². The van der Waals surface area contributed by atoms with Gasteiger partial charge in [0.2, 0.25) is 5.95 Å². The third-order valence-corrected chi connectivity index (χ3v) is 3.40. The van der Waals surface area contributed by atoms with Crippen molar-refractivity contribution in [1.29, 1.82) is 0 Å². The number of nitrogens with zero attached hydrogens (tertiary/aromatic N) is 3. The minimum absolute atomic E-state index is 0.293. The molecule has 3 rings (SSSR count). The van der Waals surface area contributed by atoms with Gasteiger partial charge in [0, 0.05) is 40.4 Å². The van der Waals surface area contributed by atoms with Gasteiger partial charge < -0.3 is 10.3 Å². The molecule has 0 spiro atoms. The van der Waals surface area contributed by atoms with Crippen molar-refractivity contribution in [2.45, 2.75) is 0 Å². The molecule has 1 aromatic carbocycles. The summed E-state index contributed by atoms with van der Waals surface area (Å²) in [7, 11) is 2.02. The third kappa shape index (κ3) is 1.76. The summed E-state index contributed by atoms with van der Waals surface area (Å²) in [5.74, 6) is 0.293. The monoisotopic (exact) mass is 302 g/mol. The third-order valence-electron chi connectivity index (χ3n) is 2.90. The Bertz CT molecular complexity index is 733. The van der Waals surface area contributed by atoms with Gasteiger partial charge in [0.05, 0.1) is 5.69 Å². The maximum atomic E-state index is 5.63. The first-order valence-corrected chi connectivity index (χ1v) is 6.28. The van der Waals surface area contributed by atoms with Gasteiger partial charge in [-0.15, -0.1) is 0 Å². The van der Waals surface area contributed by atoms with Crippen molar-refractivity contribution >= 4 is 32.8 Å². The van der Waals surface area contributed by atoms with Gasteiger partial charge in [-0.3, -0.25) is 0 Å². The van der Waals surface area contributed by atoms with E-state index in [1.165, 1.54) is 0 Å². The minimum atomic E-state index is 0.293. The van der Waals surface area contributed by atoms with Crippen LogP contribution in [-0.2, 0) is 7.05 Å². The fourth-order valence-corrected chi connectivity index (χ4v) is 2.43. The fraction of sp³-hybridized carbons (Fsp3) is 0.0769. The van der Waals surface area contributed by atoms with Crippen LogP contribution in [0.15, 0.2) is 41.1 Å². The summed E-state index contributed by atoms with van der Waals surface area (Å²) in [5.41, 5.74) is 8.69. The van der Waals surface area contributed by atoms with Crippen LogP contribution in [0.1, 0.15) is 0 Å². The van der Waals surface area contributed by atoms with E-state index in [1.54, 1.807) is 6.20 Å². The number of nitrogens with two attached hydrogens (primary N) is 1. The Morgan fingerprint density at radius 1 is 1.28 bits per heavy atom. The van der Waals surface area contributed by atoms with E-state index in [0.29, 0.717) is 5.95 Å². The van der Waals surface area contributed by atoms with Crippen molar-refractivity contribution in [3.05, 3.63) is 41.1 Å². The van der Waals surface area contributed by atoms with Crippen molar-refractivity contribution in [3.8, 4) is 11.3 Å². The van der Waals surface area contributed by atoms with Crippen LogP contribution in [-0.4, -0.2) is 14.5 Å². The van der Waals surface area contributed by atoms with E-state index in [9.17, 15) is 0 Å².